The molecule has 0 aliphatic heterocycles. The molecular weight excluding hydrogens is 294 g/mol. The molecule has 0 saturated heterocycles. The largest absolute Gasteiger partial charge is 0.399 e. The summed E-state index contributed by atoms with van der Waals surface area (Å²) in [6.07, 6.45) is 0. The maximum absolute atomic E-state index is 12.1. The third-order valence-electron chi connectivity index (χ3n) is 2.93. The van der Waals surface area contributed by atoms with E-state index in [1.54, 1.807) is 25.1 Å². The Morgan fingerprint density at radius 2 is 2.00 bits per heavy atom. The number of amides is 1. The molecule has 0 spiro atoms. The minimum Gasteiger partial charge on any atom is -0.399 e. The average molecular weight is 306 g/mol. The summed E-state index contributed by atoms with van der Waals surface area (Å²) in [7, 11) is 0. The molecule has 0 heterocycles. The van der Waals surface area contributed by atoms with Gasteiger partial charge in [0, 0.05) is 23.0 Å². The van der Waals surface area contributed by atoms with Crippen molar-refractivity contribution in [3.8, 4) is 0 Å². The van der Waals surface area contributed by atoms with Crippen molar-refractivity contribution < 1.29 is 9.72 Å². The van der Waals surface area contributed by atoms with Gasteiger partial charge >= 0.3 is 0 Å². The highest BCUT2D eigenvalue weighted by Gasteiger charge is 2.14. The van der Waals surface area contributed by atoms with Gasteiger partial charge in [-0.25, -0.2) is 0 Å². The smallest absolute Gasteiger partial charge is 0.288 e. The van der Waals surface area contributed by atoms with Gasteiger partial charge in [0.15, 0.2) is 0 Å². The van der Waals surface area contributed by atoms with Gasteiger partial charge in [-0.2, -0.15) is 0 Å². The van der Waals surface area contributed by atoms with Crippen molar-refractivity contribution in [3.05, 3.63) is 62.7 Å². The lowest BCUT2D eigenvalue weighted by Gasteiger charge is -2.07. The lowest BCUT2D eigenvalue weighted by molar-refractivity contribution is -0.384. The molecule has 6 nitrogen and oxygen atoms in total. The number of anilines is 2. The monoisotopic (exact) mass is 305 g/mol. The van der Waals surface area contributed by atoms with Crippen molar-refractivity contribution in [3.63, 3.8) is 0 Å². The minimum absolute atomic E-state index is 0.0358. The zero-order chi connectivity index (χ0) is 15.6. The van der Waals surface area contributed by atoms with Crippen LogP contribution in [0.3, 0.4) is 0 Å². The van der Waals surface area contributed by atoms with Gasteiger partial charge < -0.3 is 11.1 Å². The van der Waals surface area contributed by atoms with Gasteiger partial charge in [0.1, 0.15) is 5.02 Å². The third-order valence-corrected chi connectivity index (χ3v) is 3.24. The lowest BCUT2D eigenvalue weighted by Crippen LogP contribution is -2.12. The highest BCUT2D eigenvalue weighted by atomic mass is 35.5. The van der Waals surface area contributed by atoms with Crippen LogP contribution in [-0.4, -0.2) is 10.8 Å². The van der Waals surface area contributed by atoms with E-state index in [9.17, 15) is 14.9 Å². The number of hydrogen-bond donors (Lipinski definition) is 2. The second-order valence-corrected chi connectivity index (χ2v) is 4.86. The molecule has 2 aromatic carbocycles. The number of nitrogens with one attached hydrogen (secondary N) is 1. The number of carbonyl (C=O) groups excluding carboxylic acids is 1. The van der Waals surface area contributed by atoms with E-state index in [-0.39, 0.29) is 16.6 Å². The molecule has 1 amide bonds. The predicted octanol–water partition coefficient (Wildman–Crippen LogP) is 3.39. The van der Waals surface area contributed by atoms with Crippen molar-refractivity contribution >= 4 is 34.6 Å². The predicted molar refractivity (Wildman–Crippen MR) is 81.7 cm³/mol. The van der Waals surface area contributed by atoms with Crippen molar-refractivity contribution in [2.24, 2.45) is 0 Å². The molecule has 0 radical (unpaired) electrons. The summed E-state index contributed by atoms with van der Waals surface area (Å²) in [5.74, 6) is -0.344. The summed E-state index contributed by atoms with van der Waals surface area (Å²) in [6, 6.07) is 8.91. The van der Waals surface area contributed by atoms with Crippen LogP contribution < -0.4 is 11.1 Å². The van der Waals surface area contributed by atoms with Crippen LogP contribution in [0.15, 0.2) is 36.4 Å². The highest BCUT2D eigenvalue weighted by Crippen LogP contribution is 2.27. The zero-order valence-electron chi connectivity index (χ0n) is 11.1. The van der Waals surface area contributed by atoms with Crippen molar-refractivity contribution in [1.82, 2.24) is 0 Å². The highest BCUT2D eigenvalue weighted by molar-refractivity contribution is 6.33. The van der Waals surface area contributed by atoms with E-state index >= 15 is 0 Å². The first kappa shape index (κ1) is 14.8. The Bertz CT molecular complexity index is 731. The molecule has 0 aromatic heterocycles. The van der Waals surface area contributed by atoms with E-state index in [0.717, 1.165) is 5.56 Å². The maximum atomic E-state index is 12.1. The molecular formula is C14H12ClN3O3. The van der Waals surface area contributed by atoms with E-state index in [1.807, 2.05) is 0 Å². The third kappa shape index (κ3) is 3.29. The molecule has 0 aliphatic rings. The Morgan fingerprint density at radius 3 is 2.57 bits per heavy atom. The van der Waals surface area contributed by atoms with Gasteiger partial charge in [-0.1, -0.05) is 11.6 Å². The first-order chi connectivity index (χ1) is 9.88. The summed E-state index contributed by atoms with van der Waals surface area (Å²) in [4.78, 5) is 22.2. The Labute approximate surface area is 125 Å². The normalized spacial score (nSPS) is 10.2. The SMILES string of the molecule is Cc1cc(C(=O)Nc2ccc([N+](=O)[O-])c(Cl)c2)ccc1N. The van der Waals surface area contributed by atoms with E-state index in [4.69, 9.17) is 17.3 Å². The molecule has 108 valence electrons. The molecule has 0 unspecified atom stereocenters. The van der Waals surface area contributed by atoms with Crippen molar-refractivity contribution in [1.29, 1.82) is 0 Å². The molecule has 3 N–H and O–H groups in total. The second kappa shape index (κ2) is 5.80. The van der Waals surface area contributed by atoms with Gasteiger partial charge in [-0.15, -0.1) is 0 Å². The Kier molecular flexibility index (Phi) is 4.09. The van der Waals surface area contributed by atoms with E-state index in [1.165, 1.54) is 18.2 Å². The number of nitro benzene ring substituents is 1. The summed E-state index contributed by atoms with van der Waals surface area (Å²) < 4.78 is 0. The molecule has 7 heteroatoms. The van der Waals surface area contributed by atoms with Crippen LogP contribution >= 0.6 is 11.6 Å². The molecule has 0 fully saturated rings. The first-order valence-corrected chi connectivity index (χ1v) is 6.37. The number of nitrogens with zero attached hydrogens (tertiary/aromatic N) is 1. The average Bonchev–Trinajstić information content (AvgIpc) is 2.41. The van der Waals surface area contributed by atoms with Crippen LogP contribution in [0.4, 0.5) is 17.1 Å². The maximum Gasteiger partial charge on any atom is 0.288 e. The van der Waals surface area contributed by atoms with Gasteiger partial charge in [0.2, 0.25) is 0 Å². The quantitative estimate of drug-likeness (QED) is 0.516. The summed E-state index contributed by atoms with van der Waals surface area (Å²) in [5, 5.41) is 13.3. The van der Waals surface area contributed by atoms with Crippen molar-refractivity contribution in [2.45, 2.75) is 6.92 Å². The number of halogens is 1. The van der Waals surface area contributed by atoms with Crippen LogP contribution in [0.5, 0.6) is 0 Å². The lowest BCUT2D eigenvalue weighted by atomic mass is 10.1. The van der Waals surface area contributed by atoms with Crippen molar-refractivity contribution in [2.75, 3.05) is 11.1 Å². The number of nitro groups is 1. The zero-order valence-corrected chi connectivity index (χ0v) is 11.8. The van der Waals surface area contributed by atoms with E-state index in [2.05, 4.69) is 5.32 Å². The fourth-order valence-electron chi connectivity index (χ4n) is 1.75. The number of benzene rings is 2. The van der Waals surface area contributed by atoms with Crippen LogP contribution in [0.1, 0.15) is 15.9 Å². The number of rotatable bonds is 3. The van der Waals surface area contributed by atoms with Gasteiger partial charge in [0.25, 0.3) is 11.6 Å². The van der Waals surface area contributed by atoms with E-state index in [0.29, 0.717) is 16.9 Å². The Balaban J connectivity index is 2.21. The summed E-state index contributed by atoms with van der Waals surface area (Å²) in [5.41, 5.74) is 7.70. The van der Waals surface area contributed by atoms with Crippen LogP contribution in [-0.2, 0) is 0 Å². The fourth-order valence-corrected chi connectivity index (χ4v) is 2.00. The van der Waals surface area contributed by atoms with Gasteiger partial charge in [-0.3, -0.25) is 14.9 Å². The van der Waals surface area contributed by atoms with Gasteiger partial charge in [0.05, 0.1) is 4.92 Å². The minimum atomic E-state index is -0.586. The van der Waals surface area contributed by atoms with E-state index < -0.39 is 4.92 Å². The molecule has 21 heavy (non-hydrogen) atoms. The van der Waals surface area contributed by atoms with Crippen LogP contribution in [0, 0.1) is 17.0 Å². The molecule has 0 saturated carbocycles. The number of aryl methyl sites for hydroxylation is 1. The number of nitrogen functional groups attached to an aromatic ring is 1. The number of carbonyl (C=O) groups is 1. The van der Waals surface area contributed by atoms with Crippen LogP contribution in [0.2, 0.25) is 5.02 Å². The molecule has 0 aliphatic carbocycles. The second-order valence-electron chi connectivity index (χ2n) is 4.45. The fraction of sp³-hybridized carbons (Fsp3) is 0.0714. The standard InChI is InChI=1S/C14H12ClN3O3/c1-8-6-9(2-4-12(8)16)14(19)17-10-3-5-13(18(20)21)11(15)7-10/h2-7H,16H2,1H3,(H,17,19). The topological polar surface area (TPSA) is 98.3 Å². The first-order valence-electron chi connectivity index (χ1n) is 6.00. The molecule has 0 bridgehead atoms. The Hall–Kier alpha value is -2.60. The molecule has 2 rings (SSSR count). The van der Waals surface area contributed by atoms with Gasteiger partial charge in [-0.05, 0) is 42.8 Å². The molecule has 0 atom stereocenters. The molecule has 2 aromatic rings. The van der Waals surface area contributed by atoms with Crippen LogP contribution in [0.25, 0.3) is 0 Å². The number of hydrogen-bond acceptors (Lipinski definition) is 4. The summed E-state index contributed by atoms with van der Waals surface area (Å²) >= 11 is 5.79. The summed E-state index contributed by atoms with van der Waals surface area (Å²) in [6.45, 7) is 1.80. The number of nitrogens with two attached hydrogens (primary N) is 1. The Morgan fingerprint density at radius 1 is 1.29 bits per heavy atom.